The molecule has 0 saturated carbocycles. The average molecular weight is 193 g/mol. The molecule has 14 heavy (non-hydrogen) atoms. The van der Waals surface area contributed by atoms with Crippen molar-refractivity contribution in [2.45, 2.75) is 32.3 Å². The van der Waals surface area contributed by atoms with Crippen LogP contribution in [0, 0.1) is 0 Å². The number of hydrogen-bond acceptors (Lipinski definition) is 3. The van der Waals surface area contributed by atoms with E-state index in [9.17, 15) is 0 Å². The third-order valence-electron chi connectivity index (χ3n) is 2.47. The van der Waals surface area contributed by atoms with Crippen molar-refractivity contribution < 1.29 is 9.47 Å². The molecule has 1 aliphatic heterocycles. The molecule has 0 aliphatic carbocycles. The van der Waals surface area contributed by atoms with Crippen LogP contribution >= 0.6 is 0 Å². The Morgan fingerprint density at radius 2 is 1.86 bits per heavy atom. The maximum absolute atomic E-state index is 5.87. The summed E-state index contributed by atoms with van der Waals surface area (Å²) in [7, 11) is 0. The van der Waals surface area contributed by atoms with Gasteiger partial charge >= 0.3 is 0 Å². The van der Waals surface area contributed by atoms with Crippen molar-refractivity contribution >= 4 is 5.69 Å². The van der Waals surface area contributed by atoms with E-state index in [2.05, 4.69) is 0 Å². The van der Waals surface area contributed by atoms with Crippen LogP contribution < -0.4 is 5.73 Å². The minimum Gasteiger partial charge on any atom is -0.398 e. The average Bonchev–Trinajstić information content (AvgIpc) is 2.46. The zero-order chi connectivity index (χ0) is 10.1. The SMILES string of the molecule is CC1O[C@@H](C)[C@H](c2ccccc2N)O1. The maximum Gasteiger partial charge on any atom is 0.156 e. The number of rotatable bonds is 1. The first-order valence-electron chi connectivity index (χ1n) is 4.84. The third-order valence-corrected chi connectivity index (χ3v) is 2.47. The minimum atomic E-state index is -0.144. The Labute approximate surface area is 83.8 Å². The lowest BCUT2D eigenvalue weighted by molar-refractivity contribution is -0.0493. The van der Waals surface area contributed by atoms with Crippen molar-refractivity contribution in [1.82, 2.24) is 0 Å². The van der Waals surface area contributed by atoms with Crippen molar-refractivity contribution in [1.29, 1.82) is 0 Å². The molecule has 1 saturated heterocycles. The molecule has 3 heteroatoms. The number of nitrogen functional groups attached to an aromatic ring is 1. The van der Waals surface area contributed by atoms with Crippen molar-refractivity contribution in [3.63, 3.8) is 0 Å². The van der Waals surface area contributed by atoms with E-state index in [4.69, 9.17) is 15.2 Å². The van der Waals surface area contributed by atoms with Gasteiger partial charge in [-0.3, -0.25) is 0 Å². The summed E-state index contributed by atoms with van der Waals surface area (Å²) >= 11 is 0. The lowest BCUT2D eigenvalue weighted by Gasteiger charge is -2.14. The second-order valence-corrected chi connectivity index (χ2v) is 3.59. The molecular weight excluding hydrogens is 178 g/mol. The predicted octanol–water partition coefficient (Wildman–Crippen LogP) is 2.09. The fourth-order valence-electron chi connectivity index (χ4n) is 1.82. The van der Waals surface area contributed by atoms with Crippen molar-refractivity contribution in [2.24, 2.45) is 0 Å². The second kappa shape index (κ2) is 3.59. The predicted molar refractivity (Wildman–Crippen MR) is 54.7 cm³/mol. The molecule has 3 nitrogen and oxygen atoms in total. The van der Waals surface area contributed by atoms with Crippen LogP contribution in [0.3, 0.4) is 0 Å². The van der Waals surface area contributed by atoms with Gasteiger partial charge in [0.2, 0.25) is 0 Å². The lowest BCUT2D eigenvalue weighted by atomic mass is 10.0. The fraction of sp³-hybridized carbons (Fsp3) is 0.455. The maximum atomic E-state index is 5.87. The number of para-hydroxylation sites is 1. The number of anilines is 1. The molecule has 1 aromatic carbocycles. The molecule has 2 rings (SSSR count). The van der Waals surface area contributed by atoms with Gasteiger partial charge in [0, 0.05) is 11.3 Å². The van der Waals surface area contributed by atoms with Crippen LogP contribution in [0.25, 0.3) is 0 Å². The lowest BCUT2D eigenvalue weighted by Crippen LogP contribution is -2.12. The molecule has 1 aliphatic rings. The zero-order valence-corrected chi connectivity index (χ0v) is 8.44. The quantitative estimate of drug-likeness (QED) is 0.694. The van der Waals surface area contributed by atoms with Crippen molar-refractivity contribution in [2.75, 3.05) is 5.73 Å². The summed E-state index contributed by atoms with van der Waals surface area (Å²) in [6.07, 6.45) is -0.115. The van der Waals surface area contributed by atoms with E-state index in [1.54, 1.807) is 0 Å². The zero-order valence-electron chi connectivity index (χ0n) is 8.44. The minimum absolute atomic E-state index is 0.0359. The third kappa shape index (κ3) is 1.61. The van der Waals surface area contributed by atoms with Gasteiger partial charge in [-0.15, -0.1) is 0 Å². The molecule has 0 radical (unpaired) electrons. The molecule has 0 spiro atoms. The van der Waals surface area contributed by atoms with Crippen molar-refractivity contribution in [3.8, 4) is 0 Å². The molecule has 1 unspecified atom stereocenters. The summed E-state index contributed by atoms with van der Waals surface area (Å²) in [5.74, 6) is 0. The van der Waals surface area contributed by atoms with Gasteiger partial charge in [-0.25, -0.2) is 0 Å². The first-order chi connectivity index (χ1) is 6.68. The van der Waals surface area contributed by atoms with Gasteiger partial charge in [0.05, 0.1) is 6.10 Å². The Bertz CT molecular complexity index is 327. The monoisotopic (exact) mass is 193 g/mol. The Morgan fingerprint density at radius 1 is 1.14 bits per heavy atom. The van der Waals surface area contributed by atoms with E-state index in [1.807, 2.05) is 38.1 Å². The Morgan fingerprint density at radius 3 is 2.43 bits per heavy atom. The van der Waals surface area contributed by atoms with E-state index in [0.29, 0.717) is 0 Å². The molecule has 0 aromatic heterocycles. The number of nitrogens with two attached hydrogens (primary N) is 1. The highest BCUT2D eigenvalue weighted by atomic mass is 16.7. The van der Waals surface area contributed by atoms with Gasteiger partial charge in [0.15, 0.2) is 6.29 Å². The molecule has 1 aromatic rings. The van der Waals surface area contributed by atoms with Crippen LogP contribution in [0.1, 0.15) is 25.5 Å². The largest absolute Gasteiger partial charge is 0.398 e. The Balaban J connectivity index is 2.27. The van der Waals surface area contributed by atoms with Crippen LogP contribution in [0.4, 0.5) is 5.69 Å². The smallest absolute Gasteiger partial charge is 0.156 e. The van der Waals surface area contributed by atoms with Crippen LogP contribution in [0.15, 0.2) is 24.3 Å². The Kier molecular flexibility index (Phi) is 2.44. The van der Waals surface area contributed by atoms with E-state index in [0.717, 1.165) is 11.3 Å². The van der Waals surface area contributed by atoms with Gasteiger partial charge in [-0.05, 0) is 19.9 Å². The van der Waals surface area contributed by atoms with E-state index in [-0.39, 0.29) is 18.5 Å². The summed E-state index contributed by atoms with van der Waals surface area (Å²) in [5.41, 5.74) is 7.66. The molecule has 3 atom stereocenters. The van der Waals surface area contributed by atoms with Gasteiger partial charge in [-0.2, -0.15) is 0 Å². The second-order valence-electron chi connectivity index (χ2n) is 3.59. The van der Waals surface area contributed by atoms with Gasteiger partial charge < -0.3 is 15.2 Å². The van der Waals surface area contributed by atoms with Gasteiger partial charge in [-0.1, -0.05) is 18.2 Å². The van der Waals surface area contributed by atoms with Crippen LogP contribution in [0.5, 0.6) is 0 Å². The Hall–Kier alpha value is -1.06. The molecule has 76 valence electrons. The summed E-state index contributed by atoms with van der Waals surface area (Å²) in [4.78, 5) is 0. The number of hydrogen-bond donors (Lipinski definition) is 1. The van der Waals surface area contributed by atoms with Crippen LogP contribution in [0.2, 0.25) is 0 Å². The summed E-state index contributed by atoms with van der Waals surface area (Å²) < 4.78 is 11.1. The highest BCUT2D eigenvalue weighted by molar-refractivity contribution is 5.48. The molecule has 0 amide bonds. The molecule has 0 bridgehead atoms. The normalized spacial score (nSPS) is 32.0. The highest BCUT2D eigenvalue weighted by Crippen LogP contribution is 2.34. The van der Waals surface area contributed by atoms with Crippen molar-refractivity contribution in [3.05, 3.63) is 29.8 Å². The van der Waals surface area contributed by atoms with E-state index < -0.39 is 0 Å². The van der Waals surface area contributed by atoms with Gasteiger partial charge in [0.1, 0.15) is 6.10 Å². The van der Waals surface area contributed by atoms with E-state index >= 15 is 0 Å². The topological polar surface area (TPSA) is 44.5 Å². The van der Waals surface area contributed by atoms with Gasteiger partial charge in [0.25, 0.3) is 0 Å². The number of benzene rings is 1. The summed E-state index contributed by atoms with van der Waals surface area (Å²) in [5, 5.41) is 0. The van der Waals surface area contributed by atoms with Crippen LogP contribution in [-0.4, -0.2) is 12.4 Å². The first-order valence-corrected chi connectivity index (χ1v) is 4.84. The first kappa shape index (κ1) is 9.49. The van der Waals surface area contributed by atoms with Crippen LogP contribution in [-0.2, 0) is 9.47 Å². The summed E-state index contributed by atoms with van der Waals surface area (Å²) in [6, 6.07) is 7.75. The fourth-order valence-corrected chi connectivity index (χ4v) is 1.82. The highest BCUT2D eigenvalue weighted by Gasteiger charge is 2.32. The molecule has 2 N–H and O–H groups in total. The standard InChI is InChI=1S/C11H15NO2/c1-7-11(14-8(2)13-7)9-5-3-4-6-10(9)12/h3-8,11H,12H2,1-2H3/t7-,8?,11+/m0/s1. The molecular formula is C11H15NO2. The molecule has 1 fully saturated rings. The van der Waals surface area contributed by atoms with E-state index in [1.165, 1.54) is 0 Å². The summed E-state index contributed by atoms with van der Waals surface area (Å²) in [6.45, 7) is 3.90. The molecule has 1 heterocycles. The number of ether oxygens (including phenoxy) is 2.